The van der Waals surface area contributed by atoms with Crippen LogP contribution < -0.4 is 0 Å². The third-order valence-electron chi connectivity index (χ3n) is 3.62. The predicted octanol–water partition coefficient (Wildman–Crippen LogP) is 4.30. The molecule has 1 aromatic heterocycles. The molecule has 0 N–H and O–H groups in total. The summed E-state index contributed by atoms with van der Waals surface area (Å²) in [6, 6.07) is 6.43. The van der Waals surface area contributed by atoms with E-state index in [1.165, 1.54) is 37.6 Å². The summed E-state index contributed by atoms with van der Waals surface area (Å²) in [5.74, 6) is -0.550. The molecule has 5 nitrogen and oxygen atoms in total. The quantitative estimate of drug-likeness (QED) is 0.414. The molecular formula is C18H17F3N2O3S. The monoisotopic (exact) mass is 398 g/mol. The van der Waals surface area contributed by atoms with Crippen LogP contribution in [0.15, 0.2) is 45.9 Å². The van der Waals surface area contributed by atoms with Gasteiger partial charge in [-0.25, -0.2) is 4.79 Å². The lowest BCUT2D eigenvalue weighted by Gasteiger charge is -2.08. The molecule has 2 rings (SSSR count). The zero-order chi connectivity index (χ0) is 20.0. The minimum atomic E-state index is -4.38. The fraction of sp³-hybridized carbons (Fsp3) is 0.278. The molecule has 0 unspecified atom stereocenters. The number of esters is 1. The first-order valence-corrected chi connectivity index (χ1v) is 8.62. The maximum atomic E-state index is 12.6. The summed E-state index contributed by atoms with van der Waals surface area (Å²) >= 11 is 1.32. The number of rotatable bonds is 6. The van der Waals surface area contributed by atoms with E-state index in [0.717, 1.165) is 12.1 Å². The molecular weight excluding hydrogens is 381 g/mol. The number of benzene rings is 1. The van der Waals surface area contributed by atoms with Crippen LogP contribution in [0.4, 0.5) is 13.2 Å². The van der Waals surface area contributed by atoms with E-state index in [-0.39, 0.29) is 12.3 Å². The van der Waals surface area contributed by atoms with Gasteiger partial charge in [-0.3, -0.25) is 4.99 Å². The lowest BCUT2D eigenvalue weighted by molar-refractivity contribution is -0.137. The Hall–Kier alpha value is -2.68. The van der Waals surface area contributed by atoms with E-state index in [2.05, 4.69) is 10.1 Å². The molecule has 0 bridgehead atoms. The van der Waals surface area contributed by atoms with Gasteiger partial charge < -0.3 is 9.57 Å². The van der Waals surface area contributed by atoms with Gasteiger partial charge in [0.1, 0.15) is 6.61 Å². The summed E-state index contributed by atoms with van der Waals surface area (Å²) < 4.78 is 42.5. The number of hydrogen-bond acceptors (Lipinski definition) is 6. The minimum Gasteiger partial charge on any atom is -0.464 e. The second-order valence-corrected chi connectivity index (χ2v) is 6.28. The summed E-state index contributed by atoms with van der Waals surface area (Å²) in [5.41, 5.74) is 1.11. The molecule has 0 saturated heterocycles. The average Bonchev–Trinajstić information content (AvgIpc) is 3.09. The van der Waals surface area contributed by atoms with Gasteiger partial charge >= 0.3 is 12.1 Å². The molecule has 2 aromatic rings. The Labute approximate surface area is 158 Å². The first-order chi connectivity index (χ1) is 12.8. The van der Waals surface area contributed by atoms with Crippen LogP contribution >= 0.6 is 11.3 Å². The Balaban J connectivity index is 2.08. The number of methoxy groups -OCH3 is 1. The molecule has 0 aliphatic rings. The van der Waals surface area contributed by atoms with Crippen molar-refractivity contribution in [2.24, 2.45) is 10.1 Å². The molecule has 144 valence electrons. The van der Waals surface area contributed by atoms with E-state index in [9.17, 15) is 18.0 Å². The second-order valence-electron chi connectivity index (χ2n) is 5.36. The van der Waals surface area contributed by atoms with Crippen molar-refractivity contribution in [2.75, 3.05) is 14.2 Å². The highest BCUT2D eigenvalue weighted by Crippen LogP contribution is 2.29. The van der Waals surface area contributed by atoms with Crippen LogP contribution in [0.2, 0.25) is 0 Å². The summed E-state index contributed by atoms with van der Waals surface area (Å²) in [7, 11) is 2.76. The van der Waals surface area contributed by atoms with Gasteiger partial charge in [0, 0.05) is 12.6 Å². The zero-order valence-electron chi connectivity index (χ0n) is 14.8. The van der Waals surface area contributed by atoms with Crippen molar-refractivity contribution in [1.82, 2.24) is 0 Å². The van der Waals surface area contributed by atoms with Crippen LogP contribution in [-0.4, -0.2) is 31.6 Å². The Morgan fingerprint density at radius 2 is 1.85 bits per heavy atom. The van der Waals surface area contributed by atoms with E-state index < -0.39 is 17.7 Å². The van der Waals surface area contributed by atoms with Crippen LogP contribution in [0.1, 0.15) is 28.5 Å². The van der Waals surface area contributed by atoms with Crippen LogP contribution in [0.25, 0.3) is 0 Å². The molecule has 0 aliphatic carbocycles. The number of thiophene rings is 1. The summed E-state index contributed by atoms with van der Waals surface area (Å²) in [6.45, 7) is 1.71. The average molecular weight is 398 g/mol. The number of aliphatic imine (C=N–C) groups is 1. The number of carbonyl (C=O) groups is 1. The number of ether oxygens (including phenoxy) is 1. The maximum Gasteiger partial charge on any atom is 0.416 e. The van der Waals surface area contributed by atoms with E-state index in [4.69, 9.17) is 9.57 Å². The lowest BCUT2D eigenvalue weighted by Crippen LogP contribution is -2.17. The van der Waals surface area contributed by atoms with Crippen LogP contribution in [0, 0.1) is 0 Å². The number of hydrogen-bond donors (Lipinski definition) is 0. The molecule has 0 aliphatic heterocycles. The van der Waals surface area contributed by atoms with Gasteiger partial charge in [-0.1, -0.05) is 17.3 Å². The van der Waals surface area contributed by atoms with Crippen molar-refractivity contribution in [3.63, 3.8) is 0 Å². The Bertz CT molecular complexity index is 855. The number of oxime groups is 1. The SMILES string of the molecule is CN=C(C(=O)OC)c1sccc1CON=C(C)c1ccc(C(F)(F)F)cc1. The van der Waals surface area contributed by atoms with Crippen molar-refractivity contribution in [1.29, 1.82) is 0 Å². The summed E-state index contributed by atoms with van der Waals surface area (Å²) in [5, 5.41) is 5.72. The van der Waals surface area contributed by atoms with Crippen LogP contribution in [0.3, 0.4) is 0 Å². The molecule has 1 heterocycles. The van der Waals surface area contributed by atoms with E-state index in [1.54, 1.807) is 18.4 Å². The Kier molecular flexibility index (Phi) is 6.73. The van der Waals surface area contributed by atoms with Gasteiger partial charge in [-0.05, 0) is 36.1 Å². The van der Waals surface area contributed by atoms with E-state index in [0.29, 0.717) is 21.7 Å². The van der Waals surface area contributed by atoms with Crippen LogP contribution in [0.5, 0.6) is 0 Å². The number of carbonyl (C=O) groups excluding carboxylic acids is 1. The minimum absolute atomic E-state index is 0.0762. The largest absolute Gasteiger partial charge is 0.464 e. The van der Waals surface area contributed by atoms with Gasteiger partial charge in [0.05, 0.1) is 23.3 Å². The lowest BCUT2D eigenvalue weighted by atomic mass is 10.1. The van der Waals surface area contributed by atoms with Crippen LogP contribution in [-0.2, 0) is 27.2 Å². The van der Waals surface area contributed by atoms with Crippen molar-refractivity contribution in [3.05, 3.63) is 57.3 Å². The van der Waals surface area contributed by atoms with Gasteiger partial charge in [0.25, 0.3) is 0 Å². The highest BCUT2D eigenvalue weighted by molar-refractivity contribution is 7.13. The third-order valence-corrected chi connectivity index (χ3v) is 4.58. The number of nitrogens with zero attached hydrogens (tertiary/aromatic N) is 2. The highest BCUT2D eigenvalue weighted by atomic mass is 32.1. The topological polar surface area (TPSA) is 60.2 Å². The Morgan fingerprint density at radius 3 is 2.41 bits per heavy atom. The van der Waals surface area contributed by atoms with Gasteiger partial charge in [0.15, 0.2) is 5.71 Å². The molecule has 0 fully saturated rings. The van der Waals surface area contributed by atoms with Gasteiger partial charge in [0.2, 0.25) is 0 Å². The molecule has 0 spiro atoms. The molecule has 9 heteroatoms. The molecule has 0 saturated carbocycles. The molecule has 0 radical (unpaired) electrons. The fourth-order valence-corrected chi connectivity index (χ4v) is 3.12. The second kappa shape index (κ2) is 8.81. The summed E-state index contributed by atoms with van der Waals surface area (Å²) in [4.78, 5) is 21.6. The van der Waals surface area contributed by atoms with E-state index in [1.807, 2.05) is 0 Å². The maximum absolute atomic E-state index is 12.6. The molecule has 27 heavy (non-hydrogen) atoms. The first-order valence-electron chi connectivity index (χ1n) is 7.74. The fourth-order valence-electron chi connectivity index (χ4n) is 2.19. The molecule has 1 aromatic carbocycles. The van der Waals surface area contributed by atoms with Crippen molar-refractivity contribution in [2.45, 2.75) is 19.7 Å². The first kappa shape index (κ1) is 20.6. The van der Waals surface area contributed by atoms with E-state index >= 15 is 0 Å². The summed E-state index contributed by atoms with van der Waals surface area (Å²) in [6.07, 6.45) is -4.38. The van der Waals surface area contributed by atoms with Crippen molar-refractivity contribution >= 4 is 28.7 Å². The van der Waals surface area contributed by atoms with Gasteiger partial charge in [-0.15, -0.1) is 11.3 Å². The van der Waals surface area contributed by atoms with Crippen molar-refractivity contribution in [3.8, 4) is 0 Å². The van der Waals surface area contributed by atoms with Gasteiger partial charge in [-0.2, -0.15) is 13.2 Å². The number of halogens is 3. The standard InChI is InChI=1S/C18H17F3N2O3S/c1-11(12-4-6-14(7-5-12)18(19,20)21)23-26-10-13-8-9-27-16(13)15(22-2)17(24)25-3/h4-9H,10H2,1-3H3. The predicted molar refractivity (Wildman–Crippen MR) is 97.2 cm³/mol. The number of alkyl halides is 3. The smallest absolute Gasteiger partial charge is 0.416 e. The third kappa shape index (κ3) is 5.16. The zero-order valence-corrected chi connectivity index (χ0v) is 15.6. The van der Waals surface area contributed by atoms with Crippen molar-refractivity contribution < 1.29 is 27.5 Å². The highest BCUT2D eigenvalue weighted by Gasteiger charge is 2.30. The normalized spacial score (nSPS) is 12.8. The molecule has 0 amide bonds. The molecule has 0 atom stereocenters. The Morgan fingerprint density at radius 1 is 1.19 bits per heavy atom.